The van der Waals surface area contributed by atoms with Crippen LogP contribution in [0.4, 0.5) is 158 Å². The van der Waals surface area contributed by atoms with Crippen LogP contribution in [0.25, 0.3) is 0 Å². The molecule has 0 unspecified atom stereocenters. The Morgan fingerprint density at radius 3 is 1.23 bits per heavy atom. The quantitative estimate of drug-likeness (QED) is 0.0240. The lowest BCUT2D eigenvalue weighted by Crippen LogP contribution is -2.38. The number of nitrogens with zero attached hydrogens (tertiary/aromatic N) is 17. The predicted molar refractivity (Wildman–Crippen MR) is 316 cm³/mol. The lowest BCUT2D eigenvalue weighted by atomic mass is 10.3. The summed E-state index contributed by atoms with van der Waals surface area (Å²) in [6.45, 7) is 3.77. The Hall–Kier alpha value is -11.0. The number of hydrogen-bond acceptors (Lipinski definition) is 24. The van der Waals surface area contributed by atoms with Crippen LogP contribution < -0.4 is 48.3 Å². The Kier molecular flexibility index (Phi) is 27.0. The molecular formula is C52H56F20N26O3. The van der Waals surface area contributed by atoms with Crippen molar-refractivity contribution in [3.8, 4) is 6.07 Å². The van der Waals surface area contributed by atoms with Gasteiger partial charge in [0.2, 0.25) is 23.8 Å². The molecule has 0 aromatic carbocycles. The summed E-state index contributed by atoms with van der Waals surface area (Å²) in [4.78, 5) is 40.1. The maximum atomic E-state index is 13.5. The molecule has 0 aliphatic heterocycles. The molecule has 0 bridgehead atoms. The van der Waals surface area contributed by atoms with E-state index in [1.54, 1.807) is 27.7 Å². The molecule has 1 amide bonds. The Balaban J connectivity index is 0.000000243. The summed E-state index contributed by atoms with van der Waals surface area (Å²) in [5, 5.41) is 43.6. The first kappa shape index (κ1) is 80.7. The van der Waals surface area contributed by atoms with Crippen LogP contribution >= 0.6 is 0 Å². The molecule has 8 aromatic rings. The van der Waals surface area contributed by atoms with Crippen LogP contribution in [0, 0.1) is 39.0 Å². The van der Waals surface area contributed by atoms with Crippen molar-refractivity contribution in [3.63, 3.8) is 0 Å². The highest BCUT2D eigenvalue weighted by molar-refractivity contribution is 5.79. The number of nitriles is 1. The molecule has 0 saturated heterocycles. The van der Waals surface area contributed by atoms with Gasteiger partial charge in [-0.3, -0.25) is 14.2 Å². The summed E-state index contributed by atoms with van der Waals surface area (Å²) in [6.07, 6.45) is -11.5. The number of ether oxygens (including phenoxy) is 2. The van der Waals surface area contributed by atoms with E-state index in [4.69, 9.17) is 5.26 Å². The Morgan fingerprint density at radius 1 is 0.515 bits per heavy atom. The molecule has 101 heavy (non-hydrogen) atoms. The van der Waals surface area contributed by atoms with Gasteiger partial charge in [0, 0.05) is 58.2 Å². The van der Waals surface area contributed by atoms with Crippen molar-refractivity contribution in [2.75, 3.05) is 82.9 Å². The molecular weight excluding hydrogens is 1420 g/mol. The van der Waals surface area contributed by atoms with Crippen molar-refractivity contribution in [2.24, 2.45) is 5.73 Å². The van der Waals surface area contributed by atoms with Gasteiger partial charge in [-0.05, 0) is 41.5 Å². The topological polar surface area (TPSA) is 356 Å². The number of hydrogen-bond donors (Lipinski definition) is 9. The van der Waals surface area contributed by atoms with E-state index < -0.39 is 89.8 Å². The van der Waals surface area contributed by atoms with Gasteiger partial charge >= 0.3 is 55.9 Å². The maximum absolute atomic E-state index is 13.5. The maximum Gasteiger partial charge on any atom is 0.433 e. The SMILES string of the molecule is CCNc1nc(Nc2cn(CCOC(F)F)nc2C)ncc1C(F)(F)F.CCNc1nc(Nc2cnn(CCOC(F)F)c2C)ncc1C(F)(F)F.CNc1nc(Nc2cn(C(F)(F)C#N)nc2C)ncc1C(F)(F)F.CNc1nc(Nc2cn(C(F)(F)C(N)=O)nc2C)ncc1C(F)(F)F. The zero-order valence-electron chi connectivity index (χ0n) is 53.0. The molecule has 0 atom stereocenters. The zero-order valence-corrected chi connectivity index (χ0v) is 53.0. The number of carbonyl (C=O) groups is 1. The predicted octanol–water partition coefficient (Wildman–Crippen LogP) is 11.5. The first-order chi connectivity index (χ1) is 47.0. The second-order valence-corrected chi connectivity index (χ2v) is 19.6. The van der Waals surface area contributed by atoms with Crippen LogP contribution in [0.3, 0.4) is 0 Å². The fourth-order valence-corrected chi connectivity index (χ4v) is 7.70. The third-order valence-corrected chi connectivity index (χ3v) is 12.5. The van der Waals surface area contributed by atoms with Crippen molar-refractivity contribution in [1.82, 2.24) is 79.0 Å². The second kappa shape index (κ2) is 33.7. The van der Waals surface area contributed by atoms with Gasteiger partial charge in [0.15, 0.2) is 6.07 Å². The number of carbonyl (C=O) groups excluding carboxylic acids is 1. The normalized spacial score (nSPS) is 11.9. The van der Waals surface area contributed by atoms with Gasteiger partial charge in [-0.2, -0.15) is 143 Å². The minimum Gasteiger partial charge on any atom is -0.372 e. The van der Waals surface area contributed by atoms with Gasteiger partial charge in [-0.1, -0.05) is 0 Å². The van der Waals surface area contributed by atoms with E-state index in [9.17, 15) is 92.6 Å². The number of nitrogens with one attached hydrogen (secondary N) is 8. The van der Waals surface area contributed by atoms with Gasteiger partial charge in [0.05, 0.1) is 90.4 Å². The van der Waals surface area contributed by atoms with Crippen molar-refractivity contribution in [2.45, 2.75) is 105 Å². The lowest BCUT2D eigenvalue weighted by molar-refractivity contribution is -0.159. The van der Waals surface area contributed by atoms with Crippen LogP contribution in [0.2, 0.25) is 0 Å². The minimum atomic E-state index is -4.67. The molecule has 0 saturated carbocycles. The van der Waals surface area contributed by atoms with E-state index in [0.717, 1.165) is 18.5 Å². The molecule has 0 fully saturated rings. The highest BCUT2D eigenvalue weighted by Crippen LogP contribution is 2.38. The number of anilines is 12. The van der Waals surface area contributed by atoms with Gasteiger partial charge in [-0.15, -0.1) is 0 Å². The van der Waals surface area contributed by atoms with E-state index >= 15 is 0 Å². The molecule has 552 valence electrons. The number of aryl methyl sites for hydroxylation is 3. The molecule has 0 aliphatic rings. The van der Waals surface area contributed by atoms with E-state index in [1.165, 1.54) is 49.7 Å². The monoisotopic (exact) mass is 1470 g/mol. The fourth-order valence-electron chi connectivity index (χ4n) is 7.70. The van der Waals surface area contributed by atoms with Gasteiger partial charge in [0.1, 0.15) is 45.5 Å². The standard InChI is InChI=1S/2C14H17F5N6O.C12H12F5N7O.C12H10F5N7/c1-3-20-11-9(14(17,18)19)6-21-13(23-11)22-10-7-25(24-8(10)2)4-5-26-12(15)16;1-3-20-11-9(14(17,18)19)6-21-13(24-11)23-10-7-22-25(8(10)2)4-5-26-12(15)16;1-5-7(4-24(23-5)12(16,17)9(18)25)21-10-20-3-6(11(13,14)15)8(19-2)22-10;1-6-8(4-24(23-6)11(13,14)5-18)21-10-20-3-7(12(15,16)17)9(19-2)22-10/h6-7,12H,3-5H2,1-2H3,(H2,20,21,22,23);6-7,12H,3-5H2,1-2H3,(H2,20,21,23,24);3-4H,1-2H3,(H2,18,25)(H2,19,20,21,22);3-4H,1-2H3,(H2,19,20,21,22). The summed E-state index contributed by atoms with van der Waals surface area (Å²) < 4.78 is 267. The van der Waals surface area contributed by atoms with Crippen LogP contribution in [-0.2, 0) is 64.2 Å². The van der Waals surface area contributed by atoms with Crippen molar-refractivity contribution in [3.05, 3.63) is 94.6 Å². The minimum absolute atomic E-state index is 0.0201. The van der Waals surface area contributed by atoms with Crippen molar-refractivity contribution in [1.29, 1.82) is 5.26 Å². The summed E-state index contributed by atoms with van der Waals surface area (Å²) in [7, 11) is 2.48. The van der Waals surface area contributed by atoms with E-state index in [-0.39, 0.29) is 107 Å². The van der Waals surface area contributed by atoms with Gasteiger partial charge in [0.25, 0.3) is 0 Å². The number of rotatable bonds is 25. The Bertz CT molecular complexity index is 4020. The number of alkyl halides is 20. The van der Waals surface area contributed by atoms with Crippen LogP contribution in [0.15, 0.2) is 49.6 Å². The highest BCUT2D eigenvalue weighted by atomic mass is 19.4. The van der Waals surface area contributed by atoms with Crippen molar-refractivity contribution < 1.29 is 102 Å². The van der Waals surface area contributed by atoms with E-state index in [1.807, 2.05) is 0 Å². The molecule has 29 nitrogen and oxygen atoms in total. The second-order valence-electron chi connectivity index (χ2n) is 19.6. The average molecular weight is 1470 g/mol. The van der Waals surface area contributed by atoms with Crippen LogP contribution in [0.1, 0.15) is 58.9 Å². The van der Waals surface area contributed by atoms with E-state index in [2.05, 4.69) is 118 Å². The third-order valence-electron chi connectivity index (χ3n) is 12.5. The molecule has 8 aromatic heterocycles. The van der Waals surface area contributed by atoms with E-state index in [0.29, 0.717) is 47.6 Å². The molecule has 0 radical (unpaired) electrons. The van der Waals surface area contributed by atoms with Gasteiger partial charge in [-0.25, -0.2) is 19.9 Å². The average Bonchev–Trinajstić information content (AvgIpc) is 1.79. The van der Waals surface area contributed by atoms with Crippen LogP contribution in [-0.4, -0.2) is 139 Å². The lowest BCUT2D eigenvalue weighted by Gasteiger charge is -2.13. The highest BCUT2D eigenvalue weighted by Gasteiger charge is 2.42. The summed E-state index contributed by atoms with van der Waals surface area (Å²) >= 11 is 0. The molecule has 0 spiro atoms. The summed E-state index contributed by atoms with van der Waals surface area (Å²) in [5.41, 5.74) is 2.52. The Labute approximate surface area is 555 Å². The number of aromatic nitrogens is 16. The molecule has 49 heteroatoms. The number of amides is 1. The molecule has 8 heterocycles. The Morgan fingerprint density at radius 2 is 0.861 bits per heavy atom. The fraction of sp³-hybridized carbons (Fsp3) is 0.423. The van der Waals surface area contributed by atoms with Crippen LogP contribution in [0.5, 0.6) is 0 Å². The first-order valence-corrected chi connectivity index (χ1v) is 28.1. The van der Waals surface area contributed by atoms with Gasteiger partial charge < -0.3 is 57.7 Å². The summed E-state index contributed by atoms with van der Waals surface area (Å²) in [6, 6.07) is -7.15. The zero-order chi connectivity index (χ0) is 75.8. The molecule has 0 aliphatic carbocycles. The molecule has 10 N–H and O–H groups in total. The molecule has 8 rings (SSSR count). The number of primary amides is 1. The first-order valence-electron chi connectivity index (χ1n) is 28.1. The van der Waals surface area contributed by atoms with Crippen molar-refractivity contribution >= 4 is 75.7 Å². The number of halogens is 20. The third kappa shape index (κ3) is 22.5. The smallest absolute Gasteiger partial charge is 0.372 e. The largest absolute Gasteiger partial charge is 0.433 e. The summed E-state index contributed by atoms with van der Waals surface area (Å²) in [5.74, 6) is -4.23. The number of nitrogens with two attached hydrogens (primary N) is 1.